The Morgan fingerprint density at radius 1 is 1.39 bits per heavy atom. The van der Waals surface area contributed by atoms with Crippen molar-refractivity contribution >= 4 is 11.6 Å². The molecule has 0 fully saturated rings. The third-order valence-electron chi connectivity index (χ3n) is 2.71. The third kappa shape index (κ3) is 3.16. The minimum atomic E-state index is -0.00796. The van der Waals surface area contributed by atoms with E-state index in [1.54, 1.807) is 11.0 Å². The number of carbonyl (C=O) groups excluding carboxylic acids is 1. The highest BCUT2D eigenvalue weighted by Gasteiger charge is 2.05. The van der Waals surface area contributed by atoms with E-state index >= 15 is 0 Å². The van der Waals surface area contributed by atoms with Crippen LogP contribution in [0, 0.1) is 0 Å². The molecule has 0 unspecified atom stereocenters. The third-order valence-corrected chi connectivity index (χ3v) is 2.71. The van der Waals surface area contributed by atoms with E-state index in [4.69, 9.17) is 0 Å². The molecule has 5 heteroatoms. The van der Waals surface area contributed by atoms with Crippen molar-refractivity contribution in [3.63, 3.8) is 0 Å². The van der Waals surface area contributed by atoms with Gasteiger partial charge in [-0.2, -0.15) is 5.10 Å². The van der Waals surface area contributed by atoms with Crippen LogP contribution in [0.25, 0.3) is 0 Å². The first-order valence-corrected chi connectivity index (χ1v) is 5.99. The van der Waals surface area contributed by atoms with Crippen LogP contribution < -0.4 is 5.32 Å². The number of hydrogen-bond acceptors (Lipinski definition) is 3. The normalized spacial score (nSPS) is 10.3. The van der Waals surface area contributed by atoms with Crippen LogP contribution in [0.4, 0.5) is 5.69 Å². The van der Waals surface area contributed by atoms with Gasteiger partial charge in [-0.05, 0) is 18.1 Å². The van der Waals surface area contributed by atoms with Crippen LogP contribution in [0.1, 0.15) is 18.9 Å². The van der Waals surface area contributed by atoms with E-state index in [9.17, 15) is 4.79 Å². The fourth-order valence-corrected chi connectivity index (χ4v) is 1.73. The second-order valence-electron chi connectivity index (χ2n) is 3.97. The summed E-state index contributed by atoms with van der Waals surface area (Å²) in [5.74, 6) is -0.00796. The molecule has 0 aliphatic rings. The van der Waals surface area contributed by atoms with Gasteiger partial charge < -0.3 is 5.32 Å². The Balaban J connectivity index is 1.90. The van der Waals surface area contributed by atoms with Gasteiger partial charge in [0.15, 0.2) is 0 Å². The number of para-hydroxylation sites is 1. The summed E-state index contributed by atoms with van der Waals surface area (Å²) >= 11 is 0. The van der Waals surface area contributed by atoms with E-state index < -0.39 is 0 Å². The van der Waals surface area contributed by atoms with E-state index in [1.165, 1.54) is 6.33 Å². The van der Waals surface area contributed by atoms with Gasteiger partial charge in [0.05, 0.1) is 6.54 Å². The predicted molar refractivity (Wildman–Crippen MR) is 69.1 cm³/mol. The average Bonchev–Trinajstić information content (AvgIpc) is 2.90. The van der Waals surface area contributed by atoms with Crippen LogP contribution in [0.2, 0.25) is 0 Å². The lowest BCUT2D eigenvalue weighted by atomic mass is 10.1. The molecular weight excluding hydrogens is 228 g/mol. The second-order valence-corrected chi connectivity index (χ2v) is 3.97. The van der Waals surface area contributed by atoms with Gasteiger partial charge in [0.1, 0.15) is 12.7 Å². The van der Waals surface area contributed by atoms with Gasteiger partial charge in [0.25, 0.3) is 0 Å². The van der Waals surface area contributed by atoms with Gasteiger partial charge in [-0.3, -0.25) is 9.48 Å². The molecule has 2 aromatic rings. The summed E-state index contributed by atoms with van der Waals surface area (Å²) in [6.45, 7) is 2.61. The maximum Gasteiger partial charge on any atom is 0.226 e. The van der Waals surface area contributed by atoms with E-state index in [1.807, 2.05) is 24.3 Å². The Bertz CT molecular complexity index is 507. The minimum Gasteiger partial charge on any atom is -0.326 e. The van der Waals surface area contributed by atoms with Crippen molar-refractivity contribution in [2.24, 2.45) is 0 Å². The lowest BCUT2D eigenvalue weighted by Crippen LogP contribution is -2.15. The molecule has 0 bridgehead atoms. The van der Waals surface area contributed by atoms with Gasteiger partial charge in [0.2, 0.25) is 5.91 Å². The first-order chi connectivity index (χ1) is 8.79. The smallest absolute Gasteiger partial charge is 0.226 e. The molecule has 1 amide bonds. The fraction of sp³-hybridized carbons (Fsp3) is 0.308. The first kappa shape index (κ1) is 12.3. The van der Waals surface area contributed by atoms with Crippen LogP contribution in [0.5, 0.6) is 0 Å². The van der Waals surface area contributed by atoms with Crippen LogP contribution in [0.3, 0.4) is 0 Å². The van der Waals surface area contributed by atoms with Crippen molar-refractivity contribution in [3.05, 3.63) is 42.5 Å². The maximum atomic E-state index is 11.8. The van der Waals surface area contributed by atoms with Crippen LogP contribution in [-0.4, -0.2) is 20.7 Å². The lowest BCUT2D eigenvalue weighted by Gasteiger charge is -2.09. The molecule has 0 spiro atoms. The Labute approximate surface area is 106 Å². The quantitative estimate of drug-likeness (QED) is 0.873. The van der Waals surface area contributed by atoms with Crippen molar-refractivity contribution in [1.82, 2.24) is 14.8 Å². The largest absolute Gasteiger partial charge is 0.326 e. The number of nitrogens with one attached hydrogen (secondary N) is 1. The highest BCUT2D eigenvalue weighted by molar-refractivity contribution is 5.91. The van der Waals surface area contributed by atoms with Gasteiger partial charge >= 0.3 is 0 Å². The number of carbonyl (C=O) groups is 1. The number of anilines is 1. The number of aromatic nitrogens is 3. The van der Waals surface area contributed by atoms with Crippen LogP contribution in [0.15, 0.2) is 36.9 Å². The molecule has 18 heavy (non-hydrogen) atoms. The van der Waals surface area contributed by atoms with E-state index in [-0.39, 0.29) is 5.91 Å². The standard InChI is InChI=1S/C13H16N4O/c1-2-11-5-3-4-6-12(11)16-13(18)7-8-17-10-14-9-15-17/h3-6,9-10H,2,7-8H2,1H3,(H,16,18). The number of benzene rings is 1. The Morgan fingerprint density at radius 3 is 2.94 bits per heavy atom. The number of rotatable bonds is 5. The van der Waals surface area contributed by atoms with E-state index in [0.717, 1.165) is 17.7 Å². The van der Waals surface area contributed by atoms with Gasteiger partial charge in [-0.25, -0.2) is 4.98 Å². The van der Waals surface area contributed by atoms with Crippen LogP contribution in [-0.2, 0) is 17.8 Å². The summed E-state index contributed by atoms with van der Waals surface area (Å²) in [5.41, 5.74) is 2.04. The molecule has 0 aliphatic heterocycles. The zero-order valence-electron chi connectivity index (χ0n) is 10.3. The summed E-state index contributed by atoms with van der Waals surface area (Å²) in [5, 5.41) is 6.88. The summed E-state index contributed by atoms with van der Waals surface area (Å²) in [6.07, 6.45) is 4.36. The van der Waals surface area contributed by atoms with E-state index in [0.29, 0.717) is 13.0 Å². The molecule has 0 atom stereocenters. The number of nitrogens with zero attached hydrogens (tertiary/aromatic N) is 3. The Kier molecular flexibility index (Phi) is 4.06. The average molecular weight is 244 g/mol. The number of aryl methyl sites for hydroxylation is 2. The van der Waals surface area contributed by atoms with Crippen molar-refractivity contribution in [2.45, 2.75) is 26.3 Å². The molecular formula is C13H16N4O. The van der Waals surface area contributed by atoms with Crippen LogP contribution >= 0.6 is 0 Å². The molecule has 94 valence electrons. The highest BCUT2D eigenvalue weighted by Crippen LogP contribution is 2.15. The molecule has 0 aliphatic carbocycles. The molecule has 1 heterocycles. The minimum absolute atomic E-state index is 0.00796. The number of hydrogen-bond donors (Lipinski definition) is 1. The zero-order chi connectivity index (χ0) is 12.8. The number of amides is 1. The first-order valence-electron chi connectivity index (χ1n) is 5.99. The Hall–Kier alpha value is -2.17. The van der Waals surface area contributed by atoms with Gasteiger partial charge in [-0.15, -0.1) is 0 Å². The molecule has 1 aromatic carbocycles. The SMILES string of the molecule is CCc1ccccc1NC(=O)CCn1cncn1. The molecule has 0 radical (unpaired) electrons. The van der Waals surface area contributed by atoms with Crippen molar-refractivity contribution < 1.29 is 4.79 Å². The monoisotopic (exact) mass is 244 g/mol. The summed E-state index contributed by atoms with van der Waals surface area (Å²) < 4.78 is 1.64. The van der Waals surface area contributed by atoms with Gasteiger partial charge in [-0.1, -0.05) is 25.1 Å². The van der Waals surface area contributed by atoms with Crippen molar-refractivity contribution in [2.75, 3.05) is 5.32 Å². The molecule has 5 nitrogen and oxygen atoms in total. The fourth-order valence-electron chi connectivity index (χ4n) is 1.73. The van der Waals surface area contributed by atoms with E-state index in [2.05, 4.69) is 22.3 Å². The summed E-state index contributed by atoms with van der Waals surface area (Å²) in [4.78, 5) is 15.6. The highest BCUT2D eigenvalue weighted by atomic mass is 16.1. The van der Waals surface area contributed by atoms with Gasteiger partial charge in [0, 0.05) is 12.1 Å². The second kappa shape index (κ2) is 5.95. The zero-order valence-corrected chi connectivity index (χ0v) is 10.3. The molecule has 0 saturated carbocycles. The molecule has 0 saturated heterocycles. The summed E-state index contributed by atoms with van der Waals surface area (Å²) in [7, 11) is 0. The summed E-state index contributed by atoms with van der Waals surface area (Å²) in [6, 6.07) is 7.84. The lowest BCUT2D eigenvalue weighted by molar-refractivity contribution is -0.116. The van der Waals surface area contributed by atoms with Crippen molar-refractivity contribution in [3.8, 4) is 0 Å². The molecule has 1 aromatic heterocycles. The maximum absolute atomic E-state index is 11.8. The van der Waals surface area contributed by atoms with Crippen molar-refractivity contribution in [1.29, 1.82) is 0 Å². The Morgan fingerprint density at radius 2 is 2.22 bits per heavy atom. The molecule has 2 rings (SSSR count). The topological polar surface area (TPSA) is 59.8 Å². The predicted octanol–water partition coefficient (Wildman–Crippen LogP) is 1.87. The molecule has 1 N–H and O–H groups in total.